The van der Waals surface area contributed by atoms with Gasteiger partial charge in [-0.3, -0.25) is 4.79 Å². The zero-order valence-corrected chi connectivity index (χ0v) is 29.1. The summed E-state index contributed by atoms with van der Waals surface area (Å²) >= 11 is 12.7. The van der Waals surface area contributed by atoms with Crippen molar-refractivity contribution in [3.05, 3.63) is 112 Å². The van der Waals surface area contributed by atoms with E-state index in [1.807, 2.05) is 36.4 Å². The first kappa shape index (κ1) is 33.8. The van der Waals surface area contributed by atoms with Gasteiger partial charge in [0.15, 0.2) is 5.78 Å². The lowest BCUT2D eigenvalue weighted by atomic mass is 10.1. The lowest BCUT2D eigenvalue weighted by Gasteiger charge is -2.37. The van der Waals surface area contributed by atoms with Crippen LogP contribution in [0.15, 0.2) is 90.5 Å². The third-order valence-corrected chi connectivity index (χ3v) is 9.64. The number of Topliss-reactive ketones (excluding diaryl/α,β-unsaturated/α-hetero) is 1. The highest BCUT2D eigenvalue weighted by atomic mass is 35.5. The molecule has 4 heterocycles. The molecule has 0 radical (unpaired) electrons. The topological polar surface area (TPSA) is 122 Å². The van der Waals surface area contributed by atoms with Crippen LogP contribution in [0, 0.1) is 0 Å². The zero-order valence-electron chi connectivity index (χ0n) is 27.6. The van der Waals surface area contributed by atoms with Crippen molar-refractivity contribution in [2.45, 2.75) is 38.3 Å². The number of ether oxygens (including phenoxy) is 3. The number of nitrogens with zero attached hydrogens (tertiary/aromatic N) is 8. The van der Waals surface area contributed by atoms with E-state index in [-0.39, 0.29) is 30.7 Å². The number of carbonyl (C=O) groups is 1. The Labute approximate surface area is 298 Å². The van der Waals surface area contributed by atoms with Gasteiger partial charge in [0.2, 0.25) is 5.79 Å². The van der Waals surface area contributed by atoms with Crippen LogP contribution in [0.1, 0.15) is 25.5 Å². The molecule has 5 aromatic rings. The maximum absolute atomic E-state index is 12.8. The summed E-state index contributed by atoms with van der Waals surface area (Å²) in [6, 6.07) is 20.5. The van der Waals surface area contributed by atoms with Crippen molar-refractivity contribution in [3.63, 3.8) is 0 Å². The SMILES string of the molecule is CC(=O)C(C)n1ncn(-c2ccc(N3CCN(c4ccc(OCC5CO[C@](Cn6cncn6)(c6ccc(Cl)cc6Cl)O5)cc4)CC3)cc2)c1=O. The summed E-state index contributed by atoms with van der Waals surface area (Å²) in [5.74, 6) is -0.558. The van der Waals surface area contributed by atoms with Gasteiger partial charge in [0.05, 0.1) is 17.3 Å². The first-order chi connectivity index (χ1) is 24.2. The smallest absolute Gasteiger partial charge is 0.351 e. The average molecular weight is 720 g/mol. The number of anilines is 2. The minimum absolute atomic E-state index is 0.119. The van der Waals surface area contributed by atoms with Crippen molar-refractivity contribution in [1.82, 2.24) is 29.1 Å². The Hall–Kier alpha value is -4.69. The summed E-state index contributed by atoms with van der Waals surface area (Å²) in [7, 11) is 0. The maximum atomic E-state index is 12.8. The first-order valence-corrected chi connectivity index (χ1v) is 17.0. The summed E-state index contributed by atoms with van der Waals surface area (Å²) in [6.07, 6.45) is 4.17. The Kier molecular flexibility index (Phi) is 9.65. The number of hydrogen-bond acceptors (Lipinski definition) is 10. The number of piperazine rings is 1. The van der Waals surface area contributed by atoms with Crippen LogP contribution in [-0.2, 0) is 26.6 Å². The molecule has 0 N–H and O–H groups in total. The van der Waals surface area contributed by atoms with Crippen molar-refractivity contribution in [3.8, 4) is 11.4 Å². The Morgan fingerprint density at radius 3 is 2.22 bits per heavy atom. The van der Waals surface area contributed by atoms with Crippen LogP contribution in [0.5, 0.6) is 5.75 Å². The van der Waals surface area contributed by atoms with E-state index in [1.54, 1.807) is 36.1 Å². The van der Waals surface area contributed by atoms with Gasteiger partial charge in [-0.15, -0.1) is 0 Å². The molecule has 15 heteroatoms. The lowest BCUT2D eigenvalue weighted by molar-refractivity contribution is -0.190. The molecule has 7 rings (SSSR count). The molecule has 2 aromatic heterocycles. The zero-order chi connectivity index (χ0) is 34.8. The number of halogens is 2. The molecule has 50 heavy (non-hydrogen) atoms. The Balaban J connectivity index is 0.925. The molecule has 2 fully saturated rings. The van der Waals surface area contributed by atoms with Gasteiger partial charge in [0.25, 0.3) is 0 Å². The van der Waals surface area contributed by atoms with Crippen molar-refractivity contribution < 1.29 is 19.0 Å². The molecule has 13 nitrogen and oxygen atoms in total. The Bertz CT molecular complexity index is 1990. The summed E-state index contributed by atoms with van der Waals surface area (Å²) < 4.78 is 23.1. The van der Waals surface area contributed by atoms with Crippen LogP contribution in [0.25, 0.3) is 5.69 Å². The molecule has 2 saturated heterocycles. The van der Waals surface area contributed by atoms with Crippen molar-refractivity contribution >= 4 is 40.4 Å². The molecule has 3 aromatic carbocycles. The standard InChI is InChI=1S/C35H36Cl2N8O5/c1-24(25(2)46)45-34(47)44(23-40-45)29-6-4-27(5-7-29)41-13-15-42(16-14-41)28-8-10-30(11-9-28)48-18-31-19-49-35(50-31,20-43-22-38-21-39-43)32-12-3-26(36)17-33(32)37/h3-12,17,21-24,31H,13-16,18-20H2,1-2H3/t24?,31?,35-/m0/s1. The predicted octanol–water partition coefficient (Wildman–Crippen LogP) is 4.76. The summed E-state index contributed by atoms with van der Waals surface area (Å²) in [4.78, 5) is 33.2. The highest BCUT2D eigenvalue weighted by molar-refractivity contribution is 6.35. The first-order valence-electron chi connectivity index (χ1n) is 16.3. The molecule has 0 bridgehead atoms. The second kappa shape index (κ2) is 14.3. The largest absolute Gasteiger partial charge is 0.491 e. The predicted molar refractivity (Wildman–Crippen MR) is 189 cm³/mol. The normalized spacial score (nSPS) is 19.9. The number of carbonyl (C=O) groups excluding carboxylic acids is 1. The highest BCUT2D eigenvalue weighted by Gasteiger charge is 2.45. The van der Waals surface area contributed by atoms with Crippen LogP contribution in [-0.4, -0.2) is 80.4 Å². The van der Waals surface area contributed by atoms with E-state index in [9.17, 15) is 9.59 Å². The molecule has 2 aliphatic rings. The van der Waals surface area contributed by atoms with Crippen molar-refractivity contribution in [2.75, 3.05) is 49.2 Å². The van der Waals surface area contributed by atoms with Crippen LogP contribution >= 0.6 is 23.2 Å². The monoisotopic (exact) mass is 718 g/mol. The minimum Gasteiger partial charge on any atom is -0.491 e. The Morgan fingerprint density at radius 2 is 1.60 bits per heavy atom. The van der Waals surface area contributed by atoms with Crippen molar-refractivity contribution in [2.24, 2.45) is 0 Å². The second-order valence-corrected chi connectivity index (χ2v) is 13.2. The highest BCUT2D eigenvalue weighted by Crippen LogP contribution is 2.40. The fourth-order valence-electron chi connectivity index (χ4n) is 6.20. The number of aromatic nitrogens is 6. The van der Waals surface area contributed by atoms with Gasteiger partial charge in [-0.1, -0.05) is 29.3 Å². The van der Waals surface area contributed by atoms with E-state index in [0.717, 1.165) is 43.3 Å². The minimum atomic E-state index is -1.17. The molecule has 2 unspecified atom stereocenters. The van der Waals surface area contributed by atoms with Crippen molar-refractivity contribution in [1.29, 1.82) is 0 Å². The van der Waals surface area contributed by atoms with Gasteiger partial charge < -0.3 is 24.0 Å². The van der Waals surface area contributed by atoms with Gasteiger partial charge in [0.1, 0.15) is 50.0 Å². The summed E-state index contributed by atoms with van der Waals surface area (Å²) in [5.41, 5.74) is 3.22. The number of benzene rings is 3. The van der Waals surface area contributed by atoms with Crippen LogP contribution in [0.3, 0.4) is 0 Å². The van der Waals surface area contributed by atoms with Gasteiger partial charge >= 0.3 is 5.69 Å². The molecular formula is C35H36Cl2N8O5. The summed E-state index contributed by atoms with van der Waals surface area (Å²) in [6.45, 7) is 7.37. The van der Waals surface area contributed by atoms with E-state index in [0.29, 0.717) is 27.9 Å². The molecule has 2 aliphatic heterocycles. The number of ketones is 1. The summed E-state index contributed by atoms with van der Waals surface area (Å²) in [5, 5.41) is 9.31. The molecule has 3 atom stereocenters. The molecular weight excluding hydrogens is 683 g/mol. The Morgan fingerprint density at radius 1 is 0.940 bits per heavy atom. The van der Waals surface area contributed by atoms with Crippen LogP contribution in [0.4, 0.5) is 11.4 Å². The number of rotatable bonds is 11. The molecule has 0 saturated carbocycles. The van der Waals surface area contributed by atoms with Crippen LogP contribution < -0.4 is 20.2 Å². The average Bonchev–Trinajstić information content (AvgIpc) is 3.88. The quantitative estimate of drug-likeness (QED) is 0.189. The number of hydrogen-bond donors (Lipinski definition) is 0. The molecule has 0 spiro atoms. The van der Waals surface area contributed by atoms with E-state index >= 15 is 0 Å². The third-order valence-electron chi connectivity index (χ3n) is 9.10. The molecule has 0 aliphatic carbocycles. The van der Waals surface area contributed by atoms with Gasteiger partial charge in [0, 0.05) is 48.1 Å². The lowest BCUT2D eigenvalue weighted by Crippen LogP contribution is -2.46. The van der Waals surface area contributed by atoms with E-state index in [1.165, 1.54) is 28.8 Å². The second-order valence-electron chi connectivity index (χ2n) is 12.3. The van der Waals surface area contributed by atoms with Crippen LogP contribution in [0.2, 0.25) is 10.0 Å². The van der Waals surface area contributed by atoms with E-state index in [2.05, 4.69) is 37.1 Å². The third kappa shape index (κ3) is 6.99. The van der Waals surface area contributed by atoms with Gasteiger partial charge in [-0.25, -0.2) is 23.7 Å². The fraction of sp³-hybridized carbons (Fsp3) is 0.343. The van der Waals surface area contributed by atoms with Gasteiger partial charge in [-0.05, 0) is 74.5 Å². The molecule has 0 amide bonds. The van der Waals surface area contributed by atoms with Gasteiger partial charge in [-0.2, -0.15) is 10.2 Å². The maximum Gasteiger partial charge on any atom is 0.351 e. The van der Waals surface area contributed by atoms with E-state index in [4.69, 9.17) is 37.4 Å². The fourth-order valence-corrected chi connectivity index (χ4v) is 6.76. The molecule has 260 valence electrons. The van der Waals surface area contributed by atoms with E-state index < -0.39 is 11.8 Å².